The molecular weight excluding hydrogens is 1250 g/mol. The van der Waals surface area contributed by atoms with Crippen LogP contribution in [0.1, 0.15) is 129 Å². The molecule has 2 aromatic heterocycles. The number of sulfone groups is 2. The number of benzene rings is 4. The van der Waals surface area contributed by atoms with E-state index in [1.165, 1.54) is 24.0 Å². The molecule has 0 radical (unpaired) electrons. The standard InChI is InChI=1S/C31H38ClN5O6S.C18H26N2O4.C13H13Cl2N3O2S/c1-18(2)44(39,40)24-10-8-7-9-22(24)34-28-21(32)16-33-29(36-28)35-23-15-19(3)25(27-26(23)41-17-42-27)20-11-13-37(14-12-20)30(38)43-31(4,5)6;1-11-9-13(19)15-16(23-10-22-15)14(11)12-5-7-20(8-6-12)17(21)24-18(2,3)4;1-8(2)21(19,20)11-6-4-3-5-10(11)17-12-9(14)7-16-13(15)18-12/h7-10,15-16,18,20H,11-14,17H2,1-6H3,(H2,33,34,35,36);9,12H,5-8,10,19H2,1-4H3;3-8H,1-2H3,(H,16,17,18). The van der Waals surface area contributed by atoms with Crippen LogP contribution in [0, 0.1) is 13.8 Å². The van der Waals surface area contributed by atoms with Crippen molar-refractivity contribution in [3.8, 4) is 23.0 Å². The van der Waals surface area contributed by atoms with E-state index in [9.17, 15) is 26.4 Å². The number of carbonyl (C=O) groups excluding carboxylic acids is 2. The third-order valence-corrected chi connectivity index (χ3v) is 19.9. The number of rotatable bonds is 12. The number of aromatic nitrogens is 4. The first-order chi connectivity index (χ1) is 41.8. The molecular formula is C62H77Cl3N10O12S2. The Labute approximate surface area is 535 Å². The highest BCUT2D eigenvalue weighted by Gasteiger charge is 2.36. The molecule has 2 fully saturated rings. The highest BCUT2D eigenvalue weighted by molar-refractivity contribution is 7.92. The van der Waals surface area contributed by atoms with Gasteiger partial charge in [-0.2, -0.15) is 9.97 Å². The molecule has 0 atom stereocenters. The Balaban J connectivity index is 0.000000191. The Bertz CT molecular complexity index is 3810. The lowest BCUT2D eigenvalue weighted by molar-refractivity contribution is 0.0194. The van der Waals surface area contributed by atoms with Crippen molar-refractivity contribution in [1.29, 1.82) is 0 Å². The van der Waals surface area contributed by atoms with Crippen molar-refractivity contribution in [1.82, 2.24) is 29.7 Å². The number of nitrogens with one attached hydrogen (secondary N) is 3. The molecule has 0 spiro atoms. The van der Waals surface area contributed by atoms with Crippen LogP contribution in [-0.2, 0) is 29.1 Å². The number of amides is 2. The highest BCUT2D eigenvalue weighted by atomic mass is 35.5. The van der Waals surface area contributed by atoms with Gasteiger partial charge in [0, 0.05) is 37.3 Å². The average Bonchev–Trinajstić information content (AvgIpc) is 1.84. The zero-order valence-corrected chi connectivity index (χ0v) is 55.8. The average molecular weight is 1320 g/mol. The Kier molecular flexibility index (Phi) is 21.2. The number of anilines is 7. The van der Waals surface area contributed by atoms with Crippen molar-refractivity contribution in [3.05, 3.63) is 111 Å². The van der Waals surface area contributed by atoms with Crippen LogP contribution >= 0.6 is 34.8 Å². The molecule has 5 N–H and O–H groups in total. The third kappa shape index (κ3) is 16.4. The van der Waals surface area contributed by atoms with Gasteiger partial charge >= 0.3 is 12.2 Å². The van der Waals surface area contributed by atoms with Gasteiger partial charge in [0.1, 0.15) is 21.2 Å². The maximum Gasteiger partial charge on any atom is 0.410 e. The lowest BCUT2D eigenvalue weighted by Gasteiger charge is -2.34. The molecule has 2 saturated heterocycles. The predicted molar refractivity (Wildman–Crippen MR) is 345 cm³/mol. The fourth-order valence-corrected chi connectivity index (χ4v) is 13.2. The number of ether oxygens (including phenoxy) is 6. The summed E-state index contributed by atoms with van der Waals surface area (Å²) in [4.78, 5) is 45.2. The normalized spacial score (nSPS) is 15.2. The lowest BCUT2D eigenvalue weighted by Crippen LogP contribution is -2.41. The van der Waals surface area contributed by atoms with Crippen LogP contribution in [-0.4, -0.2) is 120 Å². The molecule has 480 valence electrons. The zero-order valence-electron chi connectivity index (χ0n) is 51.9. The first-order valence-corrected chi connectivity index (χ1v) is 33.3. The fraction of sp³-hybridized carbons (Fsp3) is 0.452. The van der Waals surface area contributed by atoms with Crippen LogP contribution in [0.25, 0.3) is 0 Å². The van der Waals surface area contributed by atoms with Crippen LogP contribution in [0.3, 0.4) is 0 Å². The molecule has 0 bridgehead atoms. The van der Waals surface area contributed by atoms with E-state index < -0.39 is 41.4 Å². The number of aryl methyl sites for hydroxylation is 2. The molecule has 0 aliphatic carbocycles. The first-order valence-electron chi connectivity index (χ1n) is 29.1. The van der Waals surface area contributed by atoms with Crippen molar-refractivity contribution >= 4 is 107 Å². The molecule has 89 heavy (non-hydrogen) atoms. The van der Waals surface area contributed by atoms with Gasteiger partial charge in [-0.25, -0.2) is 36.4 Å². The molecule has 10 rings (SSSR count). The number of nitrogens with two attached hydrogens (primary N) is 1. The number of piperidine rings is 2. The second kappa shape index (κ2) is 27.9. The summed E-state index contributed by atoms with van der Waals surface area (Å²) in [5.74, 6) is 3.91. The number of fused-ring (bicyclic) bond motifs is 2. The molecule has 6 aromatic rings. The maximum absolute atomic E-state index is 12.9. The smallest absolute Gasteiger partial charge is 0.410 e. The summed E-state index contributed by atoms with van der Waals surface area (Å²) in [7, 11) is -6.99. The highest BCUT2D eigenvalue weighted by Crippen LogP contribution is 2.50. The van der Waals surface area contributed by atoms with E-state index in [2.05, 4.69) is 35.9 Å². The number of hydrogen-bond acceptors (Lipinski definition) is 20. The number of para-hydroxylation sites is 2. The van der Waals surface area contributed by atoms with Crippen LogP contribution in [0.4, 0.5) is 49.9 Å². The van der Waals surface area contributed by atoms with E-state index in [0.29, 0.717) is 72.1 Å². The molecule has 0 unspecified atom stereocenters. The van der Waals surface area contributed by atoms with Crippen LogP contribution in [0.2, 0.25) is 15.3 Å². The summed E-state index contributed by atoms with van der Waals surface area (Å²) < 4.78 is 84.7. The number of halogens is 3. The number of hydrogen-bond donors (Lipinski definition) is 4. The van der Waals surface area contributed by atoms with Crippen molar-refractivity contribution in [2.75, 3.05) is 61.4 Å². The summed E-state index contributed by atoms with van der Waals surface area (Å²) in [5, 5.41) is 8.54. The number of nitrogen functional groups attached to an aromatic ring is 1. The van der Waals surface area contributed by atoms with Crippen molar-refractivity contribution < 1.29 is 54.8 Å². The Morgan fingerprint density at radius 1 is 0.584 bits per heavy atom. The molecule has 0 saturated carbocycles. The molecule has 22 nitrogen and oxygen atoms in total. The summed E-state index contributed by atoms with van der Waals surface area (Å²) in [6.07, 6.45) is 5.55. The minimum absolute atomic E-state index is 0.0195. The van der Waals surface area contributed by atoms with Gasteiger partial charge in [-0.3, -0.25) is 0 Å². The van der Waals surface area contributed by atoms with E-state index in [1.807, 2.05) is 67.5 Å². The molecule has 2 amide bonds. The Morgan fingerprint density at radius 3 is 1.45 bits per heavy atom. The second-order valence-corrected chi connectivity index (χ2v) is 30.3. The number of nitrogens with zero attached hydrogens (tertiary/aromatic N) is 6. The first kappa shape index (κ1) is 67.7. The van der Waals surface area contributed by atoms with Gasteiger partial charge in [-0.15, -0.1) is 0 Å². The van der Waals surface area contributed by atoms with Crippen molar-refractivity contribution in [2.45, 2.75) is 152 Å². The summed E-state index contributed by atoms with van der Waals surface area (Å²) in [6.45, 7) is 24.7. The zero-order chi connectivity index (χ0) is 64.9. The second-order valence-electron chi connectivity index (χ2n) is 24.2. The number of carbonyl (C=O) groups is 2. The van der Waals surface area contributed by atoms with Crippen LogP contribution < -0.4 is 40.6 Å². The van der Waals surface area contributed by atoms with Gasteiger partial charge < -0.3 is 59.9 Å². The van der Waals surface area contributed by atoms with E-state index in [1.54, 1.807) is 80.0 Å². The van der Waals surface area contributed by atoms with E-state index in [4.69, 9.17) is 69.0 Å². The quantitative estimate of drug-likeness (QED) is 0.0654. The number of likely N-dealkylation sites (tertiary alicyclic amines) is 2. The van der Waals surface area contributed by atoms with Crippen LogP contribution in [0.5, 0.6) is 23.0 Å². The van der Waals surface area contributed by atoms with E-state index in [0.717, 1.165) is 48.1 Å². The van der Waals surface area contributed by atoms with Gasteiger partial charge in [0.05, 0.1) is 55.4 Å². The molecule has 6 heterocycles. The Morgan fingerprint density at radius 2 is 0.989 bits per heavy atom. The summed E-state index contributed by atoms with van der Waals surface area (Å²) in [6, 6.07) is 17.1. The molecule has 4 aliphatic rings. The molecule has 27 heteroatoms. The minimum Gasteiger partial charge on any atom is -0.453 e. The minimum atomic E-state index is -3.56. The van der Waals surface area contributed by atoms with E-state index in [-0.39, 0.29) is 74.4 Å². The summed E-state index contributed by atoms with van der Waals surface area (Å²) in [5.41, 5.74) is 11.4. The van der Waals surface area contributed by atoms with E-state index >= 15 is 0 Å². The molecule has 4 aliphatic heterocycles. The Hall–Kier alpha value is -7.25. The van der Waals surface area contributed by atoms with Gasteiger partial charge in [0.2, 0.25) is 24.8 Å². The van der Waals surface area contributed by atoms with Gasteiger partial charge in [-0.1, -0.05) is 47.5 Å². The topological polar surface area (TPSA) is 278 Å². The van der Waals surface area contributed by atoms with Crippen LogP contribution in [0.15, 0.2) is 82.8 Å². The largest absolute Gasteiger partial charge is 0.453 e. The summed E-state index contributed by atoms with van der Waals surface area (Å²) >= 11 is 18.1. The van der Waals surface area contributed by atoms with Crippen molar-refractivity contribution in [3.63, 3.8) is 0 Å². The van der Waals surface area contributed by atoms with Crippen molar-refractivity contribution in [2.24, 2.45) is 0 Å². The predicted octanol–water partition coefficient (Wildman–Crippen LogP) is 14.1. The molecule has 4 aromatic carbocycles. The third-order valence-electron chi connectivity index (χ3n) is 14.8. The van der Waals surface area contributed by atoms with Gasteiger partial charge in [0.15, 0.2) is 54.3 Å². The fourth-order valence-electron chi connectivity index (χ4n) is 10.4. The maximum atomic E-state index is 12.9. The lowest BCUT2D eigenvalue weighted by atomic mass is 9.85. The van der Waals surface area contributed by atoms with Gasteiger partial charge in [-0.05, 0) is 180 Å². The monoisotopic (exact) mass is 1320 g/mol. The van der Waals surface area contributed by atoms with Gasteiger partial charge in [0.25, 0.3) is 0 Å². The SMILES string of the molecule is CC(C)S(=O)(=O)c1ccccc1Nc1nc(Cl)ncc1Cl.Cc1cc(N)c2c(c1C1CCN(C(=O)OC(C)(C)C)CC1)OCO2.Cc1cc(Nc2ncc(Cl)c(Nc3ccccc3S(=O)(=O)C(C)C)n2)c2c(c1C1CCN(C(=O)OC(C)(C)C)CC1)OCO2.